The van der Waals surface area contributed by atoms with E-state index in [1.807, 2.05) is 51.8 Å². The van der Waals surface area contributed by atoms with Gasteiger partial charge in [0.25, 0.3) is 0 Å². The van der Waals surface area contributed by atoms with Crippen LogP contribution in [0.4, 0.5) is 0 Å². The molecule has 0 amide bonds. The first kappa shape index (κ1) is 15.4. The molecule has 0 bridgehead atoms. The molecule has 0 atom stereocenters. The van der Waals surface area contributed by atoms with Gasteiger partial charge in [-0.15, -0.1) is 0 Å². The average molecular weight is 232 g/mol. The molecule has 0 saturated heterocycles. The molecule has 2 aromatic rings. The van der Waals surface area contributed by atoms with Crippen molar-refractivity contribution in [3.05, 3.63) is 42.4 Å². The first-order chi connectivity index (χ1) is 8.27. The summed E-state index contributed by atoms with van der Waals surface area (Å²) in [5, 5.41) is 0. The third-order valence-corrected chi connectivity index (χ3v) is 2.16. The zero-order valence-corrected chi connectivity index (χ0v) is 11.9. The Hall–Kier alpha value is -1.57. The zero-order chi connectivity index (χ0) is 13.3. The fraction of sp³-hybridized carbons (Fsp3) is 0.400. The summed E-state index contributed by atoms with van der Waals surface area (Å²) in [6.45, 7) is 10.1. The van der Waals surface area contributed by atoms with Crippen molar-refractivity contribution in [2.75, 3.05) is 0 Å². The Balaban J connectivity index is 0.000000581. The standard InChI is InChI=1S/C11H12N2.2C2H6/c1-9-3-5-10(6-4-9)11-7-12-8-13(11)2;2*1-2/h3-8H,1-2H3;2*1-2H3. The lowest BCUT2D eigenvalue weighted by Gasteiger charge is -2.01. The summed E-state index contributed by atoms with van der Waals surface area (Å²) in [5.41, 5.74) is 3.65. The van der Waals surface area contributed by atoms with Crippen molar-refractivity contribution in [3.63, 3.8) is 0 Å². The molecule has 2 heteroatoms. The molecule has 0 fully saturated rings. The van der Waals surface area contributed by atoms with E-state index in [4.69, 9.17) is 0 Å². The number of benzene rings is 1. The molecular formula is C15H24N2. The van der Waals surface area contributed by atoms with Crippen LogP contribution >= 0.6 is 0 Å². The highest BCUT2D eigenvalue weighted by molar-refractivity contribution is 5.58. The third-order valence-electron chi connectivity index (χ3n) is 2.16. The number of hydrogen-bond acceptors (Lipinski definition) is 1. The molecule has 1 heterocycles. The van der Waals surface area contributed by atoms with Crippen molar-refractivity contribution < 1.29 is 0 Å². The topological polar surface area (TPSA) is 17.8 Å². The third kappa shape index (κ3) is 4.43. The Kier molecular flexibility index (Phi) is 7.78. The molecule has 0 spiro atoms. The summed E-state index contributed by atoms with van der Waals surface area (Å²) in [6, 6.07) is 8.46. The van der Waals surface area contributed by atoms with Crippen LogP contribution in [-0.4, -0.2) is 9.55 Å². The monoisotopic (exact) mass is 232 g/mol. The molecule has 0 aliphatic rings. The van der Waals surface area contributed by atoms with Crippen LogP contribution in [0.5, 0.6) is 0 Å². The highest BCUT2D eigenvalue weighted by Crippen LogP contribution is 2.17. The molecule has 0 unspecified atom stereocenters. The van der Waals surface area contributed by atoms with E-state index in [1.165, 1.54) is 11.1 Å². The van der Waals surface area contributed by atoms with Crippen molar-refractivity contribution in [2.45, 2.75) is 34.6 Å². The number of rotatable bonds is 1. The lowest BCUT2D eigenvalue weighted by atomic mass is 10.1. The van der Waals surface area contributed by atoms with Gasteiger partial charge in [0, 0.05) is 7.05 Å². The van der Waals surface area contributed by atoms with E-state index in [0.717, 1.165) is 5.69 Å². The first-order valence-corrected chi connectivity index (χ1v) is 6.31. The number of imidazole rings is 1. The molecule has 94 valence electrons. The van der Waals surface area contributed by atoms with E-state index >= 15 is 0 Å². The maximum absolute atomic E-state index is 4.08. The highest BCUT2D eigenvalue weighted by atomic mass is 15.0. The van der Waals surface area contributed by atoms with Crippen molar-refractivity contribution in [3.8, 4) is 11.3 Å². The van der Waals surface area contributed by atoms with Crippen molar-refractivity contribution in [1.82, 2.24) is 9.55 Å². The van der Waals surface area contributed by atoms with Crippen LogP contribution in [0.15, 0.2) is 36.8 Å². The molecule has 1 aromatic heterocycles. The Morgan fingerprint density at radius 2 is 1.47 bits per heavy atom. The SMILES string of the molecule is CC.CC.Cc1ccc(-c2cncn2C)cc1. The molecule has 0 radical (unpaired) electrons. The second-order valence-electron chi connectivity index (χ2n) is 3.26. The van der Waals surface area contributed by atoms with Crippen molar-refractivity contribution >= 4 is 0 Å². The minimum Gasteiger partial charge on any atom is -0.334 e. The Morgan fingerprint density at radius 1 is 0.941 bits per heavy atom. The molecule has 0 saturated carbocycles. The smallest absolute Gasteiger partial charge is 0.0948 e. The quantitative estimate of drug-likeness (QED) is 0.710. The second kappa shape index (κ2) is 8.57. The Morgan fingerprint density at radius 3 is 1.88 bits per heavy atom. The van der Waals surface area contributed by atoms with Gasteiger partial charge in [-0.3, -0.25) is 0 Å². The van der Waals surface area contributed by atoms with E-state index in [9.17, 15) is 0 Å². The van der Waals surface area contributed by atoms with Gasteiger partial charge in [0.2, 0.25) is 0 Å². The maximum Gasteiger partial charge on any atom is 0.0948 e. The summed E-state index contributed by atoms with van der Waals surface area (Å²) >= 11 is 0. The fourth-order valence-electron chi connectivity index (χ4n) is 1.36. The normalized spacial score (nSPS) is 8.59. The predicted octanol–water partition coefficient (Wildman–Crippen LogP) is 4.45. The van der Waals surface area contributed by atoms with Crippen molar-refractivity contribution in [1.29, 1.82) is 0 Å². The van der Waals surface area contributed by atoms with Crippen LogP contribution in [0.1, 0.15) is 33.3 Å². The Bertz CT molecular complexity index is 399. The highest BCUT2D eigenvalue weighted by Gasteiger charge is 2.00. The number of nitrogens with zero attached hydrogens (tertiary/aromatic N) is 2. The molecule has 0 N–H and O–H groups in total. The molecule has 0 aliphatic heterocycles. The van der Waals surface area contributed by atoms with E-state index < -0.39 is 0 Å². The first-order valence-electron chi connectivity index (χ1n) is 6.31. The van der Waals surface area contributed by atoms with Gasteiger partial charge < -0.3 is 4.57 Å². The number of aromatic nitrogens is 2. The molecular weight excluding hydrogens is 208 g/mol. The predicted molar refractivity (Wildman–Crippen MR) is 76.1 cm³/mol. The van der Waals surface area contributed by atoms with E-state index in [0.29, 0.717) is 0 Å². The van der Waals surface area contributed by atoms with Crippen LogP contribution in [0.2, 0.25) is 0 Å². The largest absolute Gasteiger partial charge is 0.334 e. The van der Waals surface area contributed by atoms with E-state index in [-0.39, 0.29) is 0 Å². The van der Waals surface area contributed by atoms with Crippen LogP contribution in [0.25, 0.3) is 11.3 Å². The molecule has 0 aliphatic carbocycles. The zero-order valence-electron chi connectivity index (χ0n) is 11.9. The average Bonchev–Trinajstić information content (AvgIpc) is 2.82. The summed E-state index contributed by atoms with van der Waals surface area (Å²) in [6.07, 6.45) is 3.69. The second-order valence-corrected chi connectivity index (χ2v) is 3.26. The number of hydrogen-bond donors (Lipinski definition) is 0. The Labute approximate surface area is 105 Å². The van der Waals surface area contributed by atoms with E-state index in [2.05, 4.69) is 36.2 Å². The summed E-state index contributed by atoms with van der Waals surface area (Å²) in [7, 11) is 2.00. The molecule has 1 aromatic carbocycles. The molecule has 2 rings (SSSR count). The summed E-state index contributed by atoms with van der Waals surface area (Å²) in [5.74, 6) is 0. The maximum atomic E-state index is 4.08. The number of aryl methyl sites for hydroxylation is 2. The summed E-state index contributed by atoms with van der Waals surface area (Å²) < 4.78 is 2.02. The van der Waals surface area contributed by atoms with Crippen LogP contribution in [0, 0.1) is 6.92 Å². The van der Waals surface area contributed by atoms with E-state index in [1.54, 1.807) is 0 Å². The minimum atomic E-state index is 1.15. The van der Waals surface area contributed by atoms with Crippen LogP contribution < -0.4 is 0 Å². The van der Waals surface area contributed by atoms with Crippen LogP contribution in [-0.2, 0) is 7.05 Å². The lowest BCUT2D eigenvalue weighted by Crippen LogP contribution is -1.88. The van der Waals surface area contributed by atoms with Gasteiger partial charge >= 0.3 is 0 Å². The molecule has 2 nitrogen and oxygen atoms in total. The fourth-order valence-corrected chi connectivity index (χ4v) is 1.36. The lowest BCUT2D eigenvalue weighted by molar-refractivity contribution is 0.921. The molecule has 17 heavy (non-hydrogen) atoms. The van der Waals surface area contributed by atoms with Gasteiger partial charge in [0.15, 0.2) is 0 Å². The van der Waals surface area contributed by atoms with Gasteiger partial charge in [-0.2, -0.15) is 0 Å². The van der Waals surface area contributed by atoms with Crippen LogP contribution in [0.3, 0.4) is 0 Å². The minimum absolute atomic E-state index is 1.15. The van der Waals surface area contributed by atoms with Gasteiger partial charge in [-0.1, -0.05) is 57.5 Å². The summed E-state index contributed by atoms with van der Waals surface area (Å²) in [4.78, 5) is 4.08. The van der Waals surface area contributed by atoms with Gasteiger partial charge in [0.05, 0.1) is 18.2 Å². The van der Waals surface area contributed by atoms with Gasteiger partial charge in [-0.25, -0.2) is 4.98 Å². The van der Waals surface area contributed by atoms with Crippen molar-refractivity contribution in [2.24, 2.45) is 7.05 Å². The van der Waals surface area contributed by atoms with Gasteiger partial charge in [-0.05, 0) is 12.5 Å². The van der Waals surface area contributed by atoms with Gasteiger partial charge in [0.1, 0.15) is 0 Å².